The molecule has 4 nitrogen and oxygen atoms in total. The molecule has 0 spiro atoms. The van der Waals surface area contributed by atoms with Gasteiger partial charge in [0.05, 0.1) is 0 Å². The lowest BCUT2D eigenvalue weighted by atomic mass is 9.88. The van der Waals surface area contributed by atoms with E-state index in [1.165, 1.54) is 0 Å². The van der Waals surface area contributed by atoms with Gasteiger partial charge in [-0.05, 0) is 51.4 Å². The zero-order valence-electron chi connectivity index (χ0n) is 11.6. The van der Waals surface area contributed by atoms with E-state index in [2.05, 4.69) is 11.6 Å². The van der Waals surface area contributed by atoms with Crippen LogP contribution < -0.4 is 4.72 Å². The van der Waals surface area contributed by atoms with Gasteiger partial charge in [0.15, 0.2) is 0 Å². The van der Waals surface area contributed by atoms with Crippen LogP contribution in [0, 0.1) is 5.92 Å². The predicted octanol–water partition coefficient (Wildman–Crippen LogP) is 2.27. The third-order valence-corrected chi connectivity index (χ3v) is 6.17. The maximum absolute atomic E-state index is 12.4. The first-order valence-electron chi connectivity index (χ1n) is 7.28. The van der Waals surface area contributed by atoms with Crippen LogP contribution in [0.25, 0.3) is 0 Å². The van der Waals surface area contributed by atoms with Crippen molar-refractivity contribution in [2.45, 2.75) is 70.9 Å². The molecule has 1 N–H and O–H groups in total. The lowest BCUT2D eigenvalue weighted by molar-refractivity contribution is 0.258. The molecular weight excluding hydrogens is 248 g/mol. The van der Waals surface area contributed by atoms with Gasteiger partial charge in [-0.2, -0.15) is 17.4 Å². The molecule has 0 aromatic carbocycles. The molecular formula is C13H26N2O2S. The van der Waals surface area contributed by atoms with Gasteiger partial charge in [-0.15, -0.1) is 0 Å². The van der Waals surface area contributed by atoms with Crippen LogP contribution in [0.3, 0.4) is 0 Å². The summed E-state index contributed by atoms with van der Waals surface area (Å²) in [5.41, 5.74) is 0. The van der Waals surface area contributed by atoms with Crippen molar-refractivity contribution < 1.29 is 8.42 Å². The normalized spacial score (nSPS) is 35.6. The van der Waals surface area contributed by atoms with Gasteiger partial charge in [-0.3, -0.25) is 0 Å². The number of piperidine rings is 1. The Morgan fingerprint density at radius 1 is 1.00 bits per heavy atom. The van der Waals surface area contributed by atoms with Crippen molar-refractivity contribution in [1.82, 2.24) is 9.03 Å². The molecule has 1 heterocycles. The van der Waals surface area contributed by atoms with E-state index in [0.29, 0.717) is 6.54 Å². The van der Waals surface area contributed by atoms with Crippen molar-refractivity contribution in [2.24, 2.45) is 5.92 Å². The summed E-state index contributed by atoms with van der Waals surface area (Å²) in [6.45, 7) is 4.94. The van der Waals surface area contributed by atoms with Gasteiger partial charge >= 0.3 is 0 Å². The van der Waals surface area contributed by atoms with E-state index in [0.717, 1.165) is 50.9 Å². The monoisotopic (exact) mass is 274 g/mol. The maximum atomic E-state index is 12.4. The lowest BCUT2D eigenvalue weighted by Crippen LogP contribution is -2.51. The Balaban J connectivity index is 1.94. The van der Waals surface area contributed by atoms with Crippen molar-refractivity contribution >= 4 is 10.2 Å². The highest BCUT2D eigenvalue weighted by Crippen LogP contribution is 2.25. The molecule has 1 aliphatic carbocycles. The second kappa shape index (κ2) is 5.88. The lowest BCUT2D eigenvalue weighted by Gasteiger charge is -2.35. The minimum Gasteiger partial charge on any atom is -0.199 e. The Hall–Kier alpha value is -0.130. The molecule has 106 valence electrons. The molecule has 18 heavy (non-hydrogen) atoms. The highest BCUT2D eigenvalue weighted by Gasteiger charge is 2.32. The smallest absolute Gasteiger partial charge is 0.199 e. The zero-order valence-corrected chi connectivity index (χ0v) is 12.4. The summed E-state index contributed by atoms with van der Waals surface area (Å²) in [7, 11) is -3.27. The van der Waals surface area contributed by atoms with E-state index in [-0.39, 0.29) is 12.1 Å². The molecule has 1 aliphatic heterocycles. The van der Waals surface area contributed by atoms with Crippen molar-refractivity contribution in [3.8, 4) is 0 Å². The average molecular weight is 274 g/mol. The predicted molar refractivity (Wildman–Crippen MR) is 73.5 cm³/mol. The first kappa shape index (κ1) is 14.3. The zero-order chi connectivity index (χ0) is 13.2. The van der Waals surface area contributed by atoms with Gasteiger partial charge in [0.2, 0.25) is 0 Å². The fraction of sp³-hybridized carbons (Fsp3) is 1.00. The van der Waals surface area contributed by atoms with Crippen LogP contribution in [0.1, 0.15) is 58.8 Å². The topological polar surface area (TPSA) is 49.4 Å². The summed E-state index contributed by atoms with van der Waals surface area (Å²) < 4.78 is 29.3. The fourth-order valence-electron chi connectivity index (χ4n) is 3.09. The van der Waals surface area contributed by atoms with E-state index in [4.69, 9.17) is 0 Å². The van der Waals surface area contributed by atoms with Crippen LogP contribution >= 0.6 is 0 Å². The largest absolute Gasteiger partial charge is 0.279 e. The highest BCUT2D eigenvalue weighted by atomic mass is 32.2. The summed E-state index contributed by atoms with van der Waals surface area (Å²) in [6.07, 6.45) is 7.39. The maximum Gasteiger partial charge on any atom is 0.279 e. The molecule has 0 amide bonds. The summed E-state index contributed by atoms with van der Waals surface area (Å²) in [6, 6.07) is 0.305. The molecule has 5 heteroatoms. The molecule has 1 unspecified atom stereocenters. The Labute approximate surface area is 111 Å². The average Bonchev–Trinajstić information content (AvgIpc) is 2.32. The van der Waals surface area contributed by atoms with E-state index < -0.39 is 10.2 Å². The molecule has 2 fully saturated rings. The van der Waals surface area contributed by atoms with Gasteiger partial charge in [0.25, 0.3) is 10.2 Å². The third kappa shape index (κ3) is 3.45. The van der Waals surface area contributed by atoms with Crippen LogP contribution in [0.2, 0.25) is 0 Å². The van der Waals surface area contributed by atoms with Gasteiger partial charge in [0, 0.05) is 18.6 Å². The SMILES string of the molecule is CC1CCC(NS(=O)(=O)N2CCCCC2C)CC1. The molecule has 0 aromatic rings. The second-order valence-electron chi connectivity index (χ2n) is 6.04. The highest BCUT2D eigenvalue weighted by molar-refractivity contribution is 7.87. The van der Waals surface area contributed by atoms with Gasteiger partial charge in [-0.25, -0.2) is 0 Å². The van der Waals surface area contributed by atoms with Crippen molar-refractivity contribution in [3.63, 3.8) is 0 Å². The molecule has 0 radical (unpaired) electrons. The molecule has 0 aromatic heterocycles. The Morgan fingerprint density at radius 3 is 2.28 bits per heavy atom. The van der Waals surface area contributed by atoms with Crippen LogP contribution in [0.4, 0.5) is 0 Å². The summed E-state index contributed by atoms with van der Waals surface area (Å²) in [4.78, 5) is 0. The van der Waals surface area contributed by atoms with E-state index in [1.54, 1.807) is 4.31 Å². The Morgan fingerprint density at radius 2 is 1.67 bits per heavy atom. The van der Waals surface area contributed by atoms with Crippen LogP contribution in [-0.2, 0) is 10.2 Å². The Bertz CT molecular complexity index is 361. The number of hydrogen-bond acceptors (Lipinski definition) is 2. The molecule has 2 rings (SSSR count). The number of nitrogens with one attached hydrogen (secondary N) is 1. The number of rotatable bonds is 3. The van der Waals surface area contributed by atoms with Gasteiger partial charge in [-0.1, -0.05) is 13.3 Å². The Kier molecular flexibility index (Phi) is 4.67. The van der Waals surface area contributed by atoms with Crippen molar-refractivity contribution in [1.29, 1.82) is 0 Å². The number of nitrogens with zero attached hydrogens (tertiary/aromatic N) is 1. The minimum atomic E-state index is -3.27. The summed E-state index contributed by atoms with van der Waals surface area (Å²) in [5, 5.41) is 0. The quantitative estimate of drug-likeness (QED) is 0.858. The molecule has 2 aliphatic rings. The molecule has 0 bridgehead atoms. The van der Waals surface area contributed by atoms with E-state index >= 15 is 0 Å². The summed E-state index contributed by atoms with van der Waals surface area (Å²) in [5.74, 6) is 0.750. The first-order chi connectivity index (χ1) is 8.49. The van der Waals surface area contributed by atoms with Crippen molar-refractivity contribution in [3.05, 3.63) is 0 Å². The standard InChI is InChI=1S/C13H26N2O2S/c1-11-6-8-13(9-7-11)14-18(16,17)15-10-4-3-5-12(15)2/h11-14H,3-10H2,1-2H3. The second-order valence-corrected chi connectivity index (χ2v) is 7.69. The van der Waals surface area contributed by atoms with Gasteiger partial charge in [0.1, 0.15) is 0 Å². The summed E-state index contributed by atoms with van der Waals surface area (Å²) >= 11 is 0. The van der Waals surface area contributed by atoms with E-state index in [1.807, 2.05) is 6.92 Å². The minimum absolute atomic E-state index is 0.152. The van der Waals surface area contributed by atoms with E-state index in [9.17, 15) is 8.42 Å². The fourth-order valence-corrected chi connectivity index (χ4v) is 4.83. The van der Waals surface area contributed by atoms with Gasteiger partial charge < -0.3 is 0 Å². The molecule has 1 saturated heterocycles. The van der Waals surface area contributed by atoms with Crippen LogP contribution in [-0.4, -0.2) is 31.4 Å². The third-order valence-electron chi connectivity index (χ3n) is 4.38. The van der Waals surface area contributed by atoms with Crippen LogP contribution in [0.5, 0.6) is 0 Å². The van der Waals surface area contributed by atoms with Crippen molar-refractivity contribution in [2.75, 3.05) is 6.54 Å². The molecule has 1 atom stereocenters. The van der Waals surface area contributed by atoms with Crippen LogP contribution in [0.15, 0.2) is 0 Å². The molecule has 1 saturated carbocycles. The first-order valence-corrected chi connectivity index (χ1v) is 8.72. The number of hydrogen-bond donors (Lipinski definition) is 1.